The lowest BCUT2D eigenvalue weighted by Crippen LogP contribution is -2.27. The second kappa shape index (κ2) is 7.59. The van der Waals surface area contributed by atoms with Crippen LogP contribution in [-0.4, -0.2) is 36.2 Å². The van der Waals surface area contributed by atoms with Gasteiger partial charge >= 0.3 is 5.97 Å². The first-order chi connectivity index (χ1) is 10.1. The molecule has 1 unspecified atom stereocenters. The van der Waals surface area contributed by atoms with Gasteiger partial charge in [-0.3, -0.25) is 4.79 Å². The number of ether oxygens (including phenoxy) is 1. The Hall–Kier alpha value is -2.14. The number of hydrogen-bond donors (Lipinski definition) is 2. The molecule has 1 amide bonds. The van der Waals surface area contributed by atoms with E-state index in [1.807, 2.05) is 0 Å². The van der Waals surface area contributed by atoms with Crippen molar-refractivity contribution in [3.05, 3.63) is 41.5 Å². The summed E-state index contributed by atoms with van der Waals surface area (Å²) < 4.78 is 5.50. The third-order valence-electron chi connectivity index (χ3n) is 3.34. The maximum absolute atomic E-state index is 12.0. The Kier molecular flexibility index (Phi) is 5.51. The monoisotopic (exact) mass is 289 g/mol. The van der Waals surface area contributed by atoms with Crippen LogP contribution in [0.4, 0.5) is 0 Å². The molecular weight excluding hydrogens is 270 g/mol. The van der Waals surface area contributed by atoms with Crippen LogP contribution in [0.25, 0.3) is 6.08 Å². The average Bonchev–Trinajstić information content (AvgIpc) is 2.98. The fraction of sp³-hybridized carbons (Fsp3) is 0.375. The molecule has 5 heteroatoms. The lowest BCUT2D eigenvalue weighted by molar-refractivity contribution is -0.131. The van der Waals surface area contributed by atoms with Crippen molar-refractivity contribution >= 4 is 18.0 Å². The van der Waals surface area contributed by atoms with Crippen molar-refractivity contribution in [1.29, 1.82) is 0 Å². The molecule has 1 heterocycles. The number of carbonyl (C=O) groups excluding carboxylic acids is 1. The molecular formula is C16H19NO4. The molecule has 0 bridgehead atoms. The second-order valence-corrected chi connectivity index (χ2v) is 4.98. The molecule has 1 atom stereocenters. The number of carbonyl (C=O) groups is 2. The van der Waals surface area contributed by atoms with Crippen molar-refractivity contribution in [3.8, 4) is 0 Å². The molecule has 0 aliphatic carbocycles. The van der Waals surface area contributed by atoms with E-state index in [-0.39, 0.29) is 12.0 Å². The number of hydrogen-bond acceptors (Lipinski definition) is 3. The second-order valence-electron chi connectivity index (χ2n) is 4.98. The van der Waals surface area contributed by atoms with Gasteiger partial charge in [0.05, 0.1) is 6.10 Å². The van der Waals surface area contributed by atoms with Crippen LogP contribution in [0.3, 0.4) is 0 Å². The normalized spacial score (nSPS) is 18.0. The molecule has 1 aliphatic rings. The van der Waals surface area contributed by atoms with Gasteiger partial charge in [0, 0.05) is 24.8 Å². The number of aliphatic carboxylic acids is 1. The Morgan fingerprint density at radius 3 is 3.00 bits per heavy atom. The van der Waals surface area contributed by atoms with Gasteiger partial charge in [0.2, 0.25) is 0 Å². The summed E-state index contributed by atoms with van der Waals surface area (Å²) in [5, 5.41) is 11.5. The van der Waals surface area contributed by atoms with Crippen LogP contribution >= 0.6 is 0 Å². The van der Waals surface area contributed by atoms with Gasteiger partial charge in [0.25, 0.3) is 5.91 Å². The molecule has 0 radical (unpaired) electrons. The Balaban J connectivity index is 1.86. The molecule has 0 aromatic heterocycles. The molecule has 1 saturated heterocycles. The standard InChI is InChI=1S/C16H19NO4/c18-15(19)7-6-12-3-1-4-13(11-12)16(20)17-9-8-14-5-2-10-21-14/h1,3-4,6-7,11,14H,2,5,8-10H2,(H,17,20)(H,18,19). The predicted octanol–water partition coefficient (Wildman–Crippen LogP) is 2.08. The zero-order valence-corrected chi connectivity index (χ0v) is 11.7. The van der Waals surface area contributed by atoms with Crippen molar-refractivity contribution < 1.29 is 19.4 Å². The van der Waals surface area contributed by atoms with Gasteiger partial charge in [0.15, 0.2) is 0 Å². The van der Waals surface area contributed by atoms with Crippen molar-refractivity contribution in [1.82, 2.24) is 5.32 Å². The van der Waals surface area contributed by atoms with E-state index in [1.165, 1.54) is 6.08 Å². The van der Waals surface area contributed by atoms with E-state index >= 15 is 0 Å². The highest BCUT2D eigenvalue weighted by molar-refractivity contribution is 5.95. The zero-order chi connectivity index (χ0) is 15.1. The summed E-state index contributed by atoms with van der Waals surface area (Å²) in [5.41, 5.74) is 1.21. The van der Waals surface area contributed by atoms with Crippen LogP contribution in [0, 0.1) is 0 Å². The highest BCUT2D eigenvalue weighted by Crippen LogP contribution is 2.14. The van der Waals surface area contributed by atoms with Crippen molar-refractivity contribution in [2.45, 2.75) is 25.4 Å². The molecule has 0 spiro atoms. The van der Waals surface area contributed by atoms with Crippen molar-refractivity contribution in [2.24, 2.45) is 0 Å². The SMILES string of the molecule is O=C(O)C=Cc1cccc(C(=O)NCCC2CCCO2)c1. The summed E-state index contributed by atoms with van der Waals surface area (Å²) in [7, 11) is 0. The van der Waals surface area contributed by atoms with Gasteiger partial charge in [-0.25, -0.2) is 4.79 Å². The first kappa shape index (κ1) is 15.3. The third kappa shape index (κ3) is 5.04. The molecule has 21 heavy (non-hydrogen) atoms. The predicted molar refractivity (Wildman–Crippen MR) is 79.0 cm³/mol. The molecule has 0 saturated carbocycles. The maximum atomic E-state index is 12.0. The average molecular weight is 289 g/mol. The van der Waals surface area contributed by atoms with E-state index in [9.17, 15) is 9.59 Å². The van der Waals surface area contributed by atoms with Crippen molar-refractivity contribution in [3.63, 3.8) is 0 Å². The summed E-state index contributed by atoms with van der Waals surface area (Å²) in [5.74, 6) is -1.17. The van der Waals surface area contributed by atoms with Gasteiger partial charge < -0.3 is 15.2 Å². The third-order valence-corrected chi connectivity index (χ3v) is 3.34. The summed E-state index contributed by atoms with van der Waals surface area (Å²) in [6, 6.07) is 6.86. The van der Waals surface area contributed by atoms with Gasteiger partial charge in [0.1, 0.15) is 0 Å². The van der Waals surface area contributed by atoms with Gasteiger partial charge in [-0.05, 0) is 43.0 Å². The summed E-state index contributed by atoms with van der Waals surface area (Å²) in [6.07, 6.45) is 5.75. The first-order valence-corrected chi connectivity index (χ1v) is 7.06. The van der Waals surface area contributed by atoms with E-state index < -0.39 is 5.97 Å². The molecule has 1 fully saturated rings. The first-order valence-electron chi connectivity index (χ1n) is 7.06. The molecule has 1 aliphatic heterocycles. The topological polar surface area (TPSA) is 75.6 Å². The van der Waals surface area contributed by atoms with Gasteiger partial charge in [-0.1, -0.05) is 12.1 Å². The number of carboxylic acid groups (broad SMARTS) is 1. The van der Waals surface area contributed by atoms with Crippen LogP contribution < -0.4 is 5.32 Å². The number of rotatable bonds is 6. The minimum atomic E-state index is -1.01. The van der Waals surface area contributed by atoms with Crippen LogP contribution in [0.15, 0.2) is 30.3 Å². The number of amides is 1. The van der Waals surface area contributed by atoms with Crippen LogP contribution in [-0.2, 0) is 9.53 Å². The quantitative estimate of drug-likeness (QED) is 0.786. The summed E-state index contributed by atoms with van der Waals surface area (Å²) in [4.78, 5) is 22.5. The Bertz CT molecular complexity index is 533. The minimum absolute atomic E-state index is 0.154. The lowest BCUT2D eigenvalue weighted by atomic mass is 10.1. The van der Waals surface area contributed by atoms with Crippen LogP contribution in [0.5, 0.6) is 0 Å². The summed E-state index contributed by atoms with van der Waals surface area (Å²) in [6.45, 7) is 1.40. The Morgan fingerprint density at radius 1 is 1.43 bits per heavy atom. The molecule has 112 valence electrons. The van der Waals surface area contributed by atoms with E-state index in [2.05, 4.69) is 5.32 Å². The van der Waals surface area contributed by atoms with Crippen LogP contribution in [0.1, 0.15) is 35.2 Å². The minimum Gasteiger partial charge on any atom is -0.478 e. The van der Waals surface area contributed by atoms with E-state index in [1.54, 1.807) is 24.3 Å². The van der Waals surface area contributed by atoms with E-state index in [0.29, 0.717) is 17.7 Å². The fourth-order valence-electron chi connectivity index (χ4n) is 2.27. The smallest absolute Gasteiger partial charge is 0.328 e. The molecule has 1 aromatic carbocycles. The van der Waals surface area contributed by atoms with Crippen LogP contribution in [0.2, 0.25) is 0 Å². The highest BCUT2D eigenvalue weighted by Gasteiger charge is 2.15. The largest absolute Gasteiger partial charge is 0.478 e. The summed E-state index contributed by atoms with van der Waals surface area (Å²) >= 11 is 0. The lowest BCUT2D eigenvalue weighted by Gasteiger charge is -2.10. The Morgan fingerprint density at radius 2 is 2.29 bits per heavy atom. The molecule has 2 rings (SSSR count). The van der Waals surface area contributed by atoms with Crippen molar-refractivity contribution in [2.75, 3.05) is 13.2 Å². The Labute approximate surface area is 123 Å². The molecule has 5 nitrogen and oxygen atoms in total. The molecule has 2 N–H and O–H groups in total. The van der Waals surface area contributed by atoms with E-state index in [4.69, 9.17) is 9.84 Å². The highest BCUT2D eigenvalue weighted by atomic mass is 16.5. The number of benzene rings is 1. The van der Waals surface area contributed by atoms with Gasteiger partial charge in [-0.15, -0.1) is 0 Å². The fourth-order valence-corrected chi connectivity index (χ4v) is 2.27. The zero-order valence-electron chi connectivity index (χ0n) is 11.7. The molecule has 1 aromatic rings. The number of nitrogens with one attached hydrogen (secondary N) is 1. The van der Waals surface area contributed by atoms with Gasteiger partial charge in [-0.2, -0.15) is 0 Å². The van der Waals surface area contributed by atoms with E-state index in [0.717, 1.165) is 31.9 Å². The number of carboxylic acids is 1. The maximum Gasteiger partial charge on any atom is 0.328 e.